The maximum absolute atomic E-state index is 6.73. The summed E-state index contributed by atoms with van der Waals surface area (Å²) in [6.07, 6.45) is 6.59. The number of pyridine rings is 1. The van der Waals surface area contributed by atoms with E-state index in [1.807, 2.05) is 24.4 Å². The second-order valence-corrected chi connectivity index (χ2v) is 18.8. The molecule has 5 nitrogen and oxygen atoms in total. The first-order valence-electron chi connectivity index (χ1n) is 21.8. The van der Waals surface area contributed by atoms with Crippen LogP contribution >= 0.6 is 0 Å². The predicted molar refractivity (Wildman–Crippen MR) is 253 cm³/mol. The molecule has 1 aliphatic carbocycles. The Morgan fingerprint density at radius 3 is 1.89 bits per heavy atom. The van der Waals surface area contributed by atoms with Crippen molar-refractivity contribution in [2.24, 2.45) is 0 Å². The van der Waals surface area contributed by atoms with E-state index in [9.17, 15) is 0 Å². The molecule has 0 unspecified atom stereocenters. The number of hydrogen-bond acceptors (Lipinski definition) is 2. The van der Waals surface area contributed by atoms with Gasteiger partial charge in [-0.3, -0.25) is 0 Å². The molecule has 63 heavy (non-hydrogen) atoms. The van der Waals surface area contributed by atoms with Crippen LogP contribution in [0.3, 0.4) is 0 Å². The molecule has 0 bridgehead atoms. The van der Waals surface area contributed by atoms with E-state index in [-0.39, 0.29) is 5.41 Å². The van der Waals surface area contributed by atoms with Crippen molar-refractivity contribution >= 4 is 32.8 Å². The molecule has 0 radical (unpaired) electrons. The molecule has 7 aromatic carbocycles. The second-order valence-electron chi connectivity index (χ2n) is 17.8. The summed E-state index contributed by atoms with van der Waals surface area (Å²) >= 11 is 2.50. The molecule has 0 spiro atoms. The van der Waals surface area contributed by atoms with Crippen LogP contribution in [0.2, 0.25) is 0 Å². The number of benzene rings is 7. The average Bonchev–Trinajstić information content (AvgIpc) is 3.77. The average molecular weight is 998 g/mol. The van der Waals surface area contributed by atoms with Crippen LogP contribution in [0.5, 0.6) is 11.5 Å². The van der Waals surface area contributed by atoms with Crippen LogP contribution in [0.1, 0.15) is 55.9 Å². The van der Waals surface area contributed by atoms with Gasteiger partial charge >= 0.3 is 320 Å². The fourth-order valence-electron chi connectivity index (χ4n) is 9.37. The van der Waals surface area contributed by atoms with E-state index < -0.39 is 0 Å². The molecule has 3 aromatic heterocycles. The van der Waals surface area contributed by atoms with Crippen LogP contribution in [0, 0.1) is 22.9 Å². The summed E-state index contributed by atoms with van der Waals surface area (Å²) in [5.74, 6) is 2.12. The van der Waals surface area contributed by atoms with Crippen molar-refractivity contribution in [2.75, 3.05) is 0 Å². The zero-order chi connectivity index (χ0) is 42.8. The second kappa shape index (κ2) is 15.7. The summed E-state index contributed by atoms with van der Waals surface area (Å²) in [6, 6.07) is 61.8. The van der Waals surface area contributed by atoms with Crippen molar-refractivity contribution in [3.8, 4) is 50.9 Å². The SMILES string of the molecule is Cc1ccnc(-n2c3[c-]c(Oc4[c-]c(-n5[c](=[Pt])n(-c6c(-c7ccccc7)cc(C(C)(C)C)cc6-c6ccccc6)c6ccccc65)ccc4)ccc3c3cc4c(cc32)CCCC4)c1. The van der Waals surface area contributed by atoms with Gasteiger partial charge in [0.25, 0.3) is 0 Å². The van der Waals surface area contributed by atoms with Crippen LogP contribution in [0.25, 0.3) is 72.3 Å². The van der Waals surface area contributed by atoms with Crippen molar-refractivity contribution < 1.29 is 24.1 Å². The molecule has 0 N–H and O–H groups in total. The first-order valence-corrected chi connectivity index (χ1v) is 23.0. The summed E-state index contributed by atoms with van der Waals surface area (Å²) in [4.78, 5) is 4.86. The smallest absolute Gasteiger partial charge is 0.0489 e. The topological polar surface area (TPSA) is 36.9 Å². The third-order valence-electron chi connectivity index (χ3n) is 12.5. The normalized spacial score (nSPS) is 12.9. The van der Waals surface area contributed by atoms with Crippen LogP contribution in [-0.2, 0) is 37.6 Å². The third kappa shape index (κ3) is 7.00. The Hall–Kier alpha value is -6.55. The number of imidazole rings is 1. The van der Waals surface area contributed by atoms with Crippen molar-refractivity contribution in [3.05, 3.63) is 196 Å². The number of para-hydroxylation sites is 2. The van der Waals surface area contributed by atoms with Crippen molar-refractivity contribution in [1.29, 1.82) is 0 Å². The molecule has 0 saturated heterocycles. The quantitative estimate of drug-likeness (QED) is 0.149. The number of rotatable bonds is 7. The van der Waals surface area contributed by atoms with E-state index in [1.54, 1.807) is 0 Å². The first-order chi connectivity index (χ1) is 30.7. The van der Waals surface area contributed by atoms with Gasteiger partial charge in [-0.25, -0.2) is 0 Å². The standard InChI is InChI=1S/C57H46N4O.Pt/c1-38-28-29-58-55(30-38)61-53-32-42-21-12-11-20-41(42)31-50(53)47-27-26-46(36-54(47)61)62-45-23-15-22-44(35-45)59-37-60(52-25-14-13-24-51(52)59)56-48(39-16-7-5-8-17-39)33-43(57(2,3)4)34-49(56)40-18-9-6-10-19-40;/h5-10,13-19,22-34H,11-12,20-21H2,1-4H3;/q-2;. The Bertz CT molecular complexity index is 3380. The van der Waals surface area contributed by atoms with Crippen molar-refractivity contribution in [1.82, 2.24) is 18.7 Å². The molecule has 0 fully saturated rings. The summed E-state index contributed by atoms with van der Waals surface area (Å²) in [5.41, 5.74) is 16.3. The monoisotopic (exact) mass is 997 g/mol. The van der Waals surface area contributed by atoms with E-state index in [4.69, 9.17) is 9.72 Å². The Morgan fingerprint density at radius 1 is 0.587 bits per heavy atom. The van der Waals surface area contributed by atoms with E-state index in [2.05, 4.69) is 206 Å². The van der Waals surface area contributed by atoms with E-state index in [1.165, 1.54) is 57.2 Å². The predicted octanol–water partition coefficient (Wildman–Crippen LogP) is 14.2. The van der Waals surface area contributed by atoms with Crippen LogP contribution in [0.15, 0.2) is 158 Å². The minimum Gasteiger partial charge on any atom is -0.0489 e. The van der Waals surface area contributed by atoms with Gasteiger partial charge in [-0.05, 0) is 55.4 Å². The van der Waals surface area contributed by atoms with Gasteiger partial charge in [0.05, 0.1) is 0 Å². The molecule has 1 aliphatic rings. The molecule has 312 valence electrons. The molecule has 10 aromatic rings. The first kappa shape index (κ1) is 39.3. The molecule has 11 rings (SSSR count). The van der Waals surface area contributed by atoms with Gasteiger partial charge in [-0.1, -0.05) is 0 Å². The Morgan fingerprint density at radius 2 is 1.22 bits per heavy atom. The Balaban J connectivity index is 1.07. The number of hydrogen-bond donors (Lipinski definition) is 0. The Labute approximate surface area is 379 Å². The van der Waals surface area contributed by atoms with E-state index >= 15 is 0 Å². The fourth-order valence-corrected chi connectivity index (χ4v) is 10.4. The fraction of sp³-hybridized carbons (Fsp3) is 0.158. The van der Waals surface area contributed by atoms with Gasteiger partial charge in [0, 0.05) is 6.20 Å². The number of aromatic nitrogens is 4. The zero-order valence-corrected chi connectivity index (χ0v) is 38.1. The summed E-state index contributed by atoms with van der Waals surface area (Å²) < 4.78 is 14.7. The number of aryl methyl sites for hydroxylation is 3. The van der Waals surface area contributed by atoms with Crippen molar-refractivity contribution in [2.45, 2.75) is 58.8 Å². The maximum atomic E-state index is 6.73. The van der Waals surface area contributed by atoms with Crippen LogP contribution in [-0.4, -0.2) is 18.7 Å². The summed E-state index contributed by atoms with van der Waals surface area (Å²) in [7, 11) is 0. The van der Waals surface area contributed by atoms with Gasteiger partial charge < -0.3 is 0 Å². The number of fused-ring (bicyclic) bond motifs is 5. The minimum atomic E-state index is -0.0670. The van der Waals surface area contributed by atoms with E-state index in [0.717, 1.165) is 66.9 Å². The van der Waals surface area contributed by atoms with Gasteiger partial charge in [-0.15, -0.1) is 0 Å². The molecule has 3 heterocycles. The molecule has 0 amide bonds. The molecular formula is C57H46N4OPt-2. The van der Waals surface area contributed by atoms with Crippen LogP contribution in [0.4, 0.5) is 0 Å². The molecule has 0 saturated carbocycles. The summed E-state index contributed by atoms with van der Waals surface area (Å²) in [5, 5.41) is 2.37. The summed E-state index contributed by atoms with van der Waals surface area (Å²) in [6.45, 7) is 9.00. The molecular weight excluding hydrogens is 952 g/mol. The third-order valence-corrected chi connectivity index (χ3v) is 13.5. The van der Waals surface area contributed by atoms with Gasteiger partial charge in [0.1, 0.15) is 0 Å². The zero-order valence-electron chi connectivity index (χ0n) is 35.9. The molecule has 0 atom stereocenters. The molecule has 0 aliphatic heterocycles. The minimum absolute atomic E-state index is 0.0670. The van der Waals surface area contributed by atoms with Crippen molar-refractivity contribution in [3.63, 3.8) is 0 Å². The van der Waals surface area contributed by atoms with Gasteiger partial charge in [0.15, 0.2) is 0 Å². The van der Waals surface area contributed by atoms with Crippen LogP contribution < -0.4 is 4.74 Å². The number of nitrogens with zero attached hydrogens (tertiary/aromatic N) is 4. The Kier molecular flexibility index (Phi) is 9.77. The van der Waals surface area contributed by atoms with Gasteiger partial charge in [-0.2, -0.15) is 0 Å². The number of ether oxygens (including phenoxy) is 1. The molecule has 6 heteroatoms. The van der Waals surface area contributed by atoms with Gasteiger partial charge in [0.2, 0.25) is 0 Å². The van der Waals surface area contributed by atoms with E-state index in [0.29, 0.717) is 11.5 Å².